The summed E-state index contributed by atoms with van der Waals surface area (Å²) in [6.07, 6.45) is 1.65. The third-order valence-corrected chi connectivity index (χ3v) is 3.50. The number of hydrogen-bond donors (Lipinski definition) is 2. The predicted molar refractivity (Wildman–Crippen MR) is 75.3 cm³/mol. The number of nitrogens with one attached hydrogen (secondary N) is 2. The van der Waals surface area contributed by atoms with Crippen LogP contribution < -0.4 is 10.6 Å². The van der Waals surface area contributed by atoms with Crippen LogP contribution in [0, 0.1) is 5.41 Å². The number of furan rings is 1. The van der Waals surface area contributed by atoms with Gasteiger partial charge in [0.05, 0.1) is 22.2 Å². The molecule has 0 saturated carbocycles. The van der Waals surface area contributed by atoms with Crippen molar-refractivity contribution in [2.75, 3.05) is 13.1 Å². The highest BCUT2D eigenvalue weighted by Gasteiger charge is 2.28. The summed E-state index contributed by atoms with van der Waals surface area (Å²) in [6, 6.07) is 1.92. The fourth-order valence-electron chi connectivity index (χ4n) is 1.60. The van der Waals surface area contributed by atoms with Crippen LogP contribution in [0.2, 0.25) is 0 Å². The number of carbonyl (C=O) groups excluding carboxylic acids is 1. The van der Waals surface area contributed by atoms with Crippen LogP contribution in [-0.2, 0) is 4.79 Å². The van der Waals surface area contributed by atoms with Crippen LogP contribution in [0.15, 0.2) is 21.2 Å². The summed E-state index contributed by atoms with van der Waals surface area (Å²) in [5.74, 6) is 0.907. The summed E-state index contributed by atoms with van der Waals surface area (Å²) in [5, 5.41) is 6.16. The van der Waals surface area contributed by atoms with Crippen molar-refractivity contribution in [3.8, 4) is 0 Å². The molecule has 1 rings (SSSR count). The summed E-state index contributed by atoms with van der Waals surface area (Å²) in [7, 11) is 0. The lowest BCUT2D eigenvalue weighted by atomic mass is 9.92. The van der Waals surface area contributed by atoms with Crippen molar-refractivity contribution in [1.29, 1.82) is 0 Å². The highest BCUT2D eigenvalue weighted by molar-refractivity contribution is 9.10. The number of rotatable bonds is 6. The summed E-state index contributed by atoms with van der Waals surface area (Å²) >= 11 is 3.43. The molecule has 1 unspecified atom stereocenters. The molecule has 18 heavy (non-hydrogen) atoms. The van der Waals surface area contributed by atoms with Gasteiger partial charge >= 0.3 is 0 Å². The minimum Gasteiger partial charge on any atom is -0.466 e. The van der Waals surface area contributed by atoms with E-state index in [1.54, 1.807) is 6.26 Å². The van der Waals surface area contributed by atoms with E-state index < -0.39 is 5.41 Å². The van der Waals surface area contributed by atoms with E-state index in [-0.39, 0.29) is 11.9 Å². The lowest BCUT2D eigenvalue weighted by Gasteiger charge is -2.25. The molecule has 1 atom stereocenters. The lowest BCUT2D eigenvalue weighted by Crippen LogP contribution is -2.43. The van der Waals surface area contributed by atoms with Crippen molar-refractivity contribution in [3.05, 3.63) is 22.6 Å². The Kier molecular flexibility index (Phi) is 5.41. The van der Waals surface area contributed by atoms with Crippen molar-refractivity contribution >= 4 is 21.8 Å². The van der Waals surface area contributed by atoms with Gasteiger partial charge in [-0.05, 0) is 49.7 Å². The third kappa shape index (κ3) is 3.85. The highest BCUT2D eigenvalue weighted by Crippen LogP contribution is 2.25. The number of halogens is 1. The Hall–Kier alpha value is -0.810. The maximum absolute atomic E-state index is 11.8. The smallest absolute Gasteiger partial charge is 0.226 e. The Balaban J connectivity index is 2.54. The fraction of sp³-hybridized carbons (Fsp3) is 0.615. The molecule has 0 radical (unpaired) electrons. The van der Waals surface area contributed by atoms with Crippen molar-refractivity contribution < 1.29 is 9.21 Å². The van der Waals surface area contributed by atoms with Gasteiger partial charge in [0, 0.05) is 13.1 Å². The Labute approximate surface area is 117 Å². The predicted octanol–water partition coefficient (Wildman–Crippen LogP) is 2.86. The van der Waals surface area contributed by atoms with Crippen LogP contribution in [0.1, 0.15) is 39.5 Å². The van der Waals surface area contributed by atoms with E-state index in [1.165, 1.54) is 0 Å². The maximum Gasteiger partial charge on any atom is 0.226 e. The summed E-state index contributed by atoms with van der Waals surface area (Å²) < 4.78 is 6.33. The SMILES string of the molecule is CCNC(=O)C(C)(C)CNC(C)c1occc1Br. The molecular formula is C13H21BrN2O2. The lowest BCUT2D eigenvalue weighted by molar-refractivity contribution is -0.129. The average Bonchev–Trinajstić information content (AvgIpc) is 2.73. The second-order valence-corrected chi connectivity index (χ2v) is 5.83. The molecule has 0 aliphatic heterocycles. The minimum absolute atomic E-state index is 0.0584. The van der Waals surface area contributed by atoms with Crippen LogP contribution >= 0.6 is 15.9 Å². The van der Waals surface area contributed by atoms with Gasteiger partial charge in [-0.15, -0.1) is 0 Å². The van der Waals surface area contributed by atoms with Crippen LogP contribution in [0.5, 0.6) is 0 Å². The van der Waals surface area contributed by atoms with E-state index in [4.69, 9.17) is 4.42 Å². The zero-order valence-electron chi connectivity index (χ0n) is 11.3. The molecule has 102 valence electrons. The fourth-order valence-corrected chi connectivity index (χ4v) is 2.14. The standard InChI is InChI=1S/C13H21BrN2O2/c1-5-15-12(17)13(3,4)8-16-9(2)11-10(14)6-7-18-11/h6-7,9,16H,5,8H2,1-4H3,(H,15,17). The molecule has 0 bridgehead atoms. The molecule has 1 aromatic heterocycles. The molecule has 2 N–H and O–H groups in total. The van der Waals surface area contributed by atoms with Gasteiger partial charge in [0.25, 0.3) is 0 Å². The zero-order valence-corrected chi connectivity index (χ0v) is 12.9. The molecule has 0 aliphatic carbocycles. The number of hydrogen-bond acceptors (Lipinski definition) is 3. The maximum atomic E-state index is 11.8. The molecule has 0 saturated heterocycles. The first-order valence-electron chi connectivity index (χ1n) is 6.13. The normalized spacial score (nSPS) is 13.4. The van der Waals surface area contributed by atoms with Gasteiger partial charge in [-0.25, -0.2) is 0 Å². The van der Waals surface area contributed by atoms with E-state index in [2.05, 4.69) is 26.6 Å². The third-order valence-electron chi connectivity index (χ3n) is 2.84. The second kappa shape index (κ2) is 6.38. The Morgan fingerprint density at radius 3 is 2.72 bits per heavy atom. The second-order valence-electron chi connectivity index (χ2n) is 4.98. The van der Waals surface area contributed by atoms with E-state index in [0.29, 0.717) is 13.1 Å². The summed E-state index contributed by atoms with van der Waals surface area (Å²) in [6.45, 7) is 9.03. The van der Waals surface area contributed by atoms with E-state index in [9.17, 15) is 4.79 Å². The van der Waals surface area contributed by atoms with E-state index in [1.807, 2.05) is 33.8 Å². The largest absolute Gasteiger partial charge is 0.466 e. The first kappa shape index (κ1) is 15.2. The van der Waals surface area contributed by atoms with Gasteiger partial charge in [-0.3, -0.25) is 4.79 Å². The molecule has 1 heterocycles. The molecule has 1 amide bonds. The Morgan fingerprint density at radius 2 is 2.22 bits per heavy atom. The van der Waals surface area contributed by atoms with Crippen molar-refractivity contribution in [1.82, 2.24) is 10.6 Å². The molecular weight excluding hydrogens is 296 g/mol. The monoisotopic (exact) mass is 316 g/mol. The molecule has 0 fully saturated rings. The van der Waals surface area contributed by atoms with Gasteiger partial charge in [0.1, 0.15) is 5.76 Å². The Bertz CT molecular complexity index is 401. The minimum atomic E-state index is -0.441. The first-order chi connectivity index (χ1) is 8.38. The molecule has 5 heteroatoms. The van der Waals surface area contributed by atoms with Gasteiger partial charge in [-0.2, -0.15) is 0 Å². The van der Waals surface area contributed by atoms with Crippen LogP contribution in [-0.4, -0.2) is 19.0 Å². The van der Waals surface area contributed by atoms with Crippen molar-refractivity contribution in [2.45, 2.75) is 33.7 Å². The molecule has 0 aliphatic rings. The van der Waals surface area contributed by atoms with Crippen LogP contribution in [0.25, 0.3) is 0 Å². The summed E-state index contributed by atoms with van der Waals surface area (Å²) in [5.41, 5.74) is -0.441. The number of carbonyl (C=O) groups is 1. The van der Waals surface area contributed by atoms with Gasteiger partial charge in [0.2, 0.25) is 5.91 Å². The van der Waals surface area contributed by atoms with Crippen LogP contribution in [0.3, 0.4) is 0 Å². The van der Waals surface area contributed by atoms with Crippen molar-refractivity contribution in [3.63, 3.8) is 0 Å². The highest BCUT2D eigenvalue weighted by atomic mass is 79.9. The first-order valence-corrected chi connectivity index (χ1v) is 6.92. The molecule has 0 aromatic carbocycles. The van der Waals surface area contributed by atoms with E-state index >= 15 is 0 Å². The van der Waals surface area contributed by atoms with Gasteiger partial charge in [0.15, 0.2) is 0 Å². The quantitative estimate of drug-likeness (QED) is 0.848. The van der Waals surface area contributed by atoms with Crippen LogP contribution in [0.4, 0.5) is 0 Å². The summed E-state index contributed by atoms with van der Waals surface area (Å²) in [4.78, 5) is 11.8. The Morgan fingerprint density at radius 1 is 1.56 bits per heavy atom. The van der Waals surface area contributed by atoms with Gasteiger partial charge < -0.3 is 15.1 Å². The number of amides is 1. The average molecular weight is 317 g/mol. The molecule has 1 aromatic rings. The topological polar surface area (TPSA) is 54.3 Å². The molecule has 4 nitrogen and oxygen atoms in total. The molecule has 0 spiro atoms. The van der Waals surface area contributed by atoms with E-state index in [0.717, 1.165) is 10.2 Å². The van der Waals surface area contributed by atoms with Crippen molar-refractivity contribution in [2.24, 2.45) is 5.41 Å². The zero-order chi connectivity index (χ0) is 13.8. The van der Waals surface area contributed by atoms with Gasteiger partial charge in [-0.1, -0.05) is 0 Å².